The zero-order valence-corrected chi connectivity index (χ0v) is 9.63. The molecule has 3 heteroatoms. The third-order valence-corrected chi connectivity index (χ3v) is 2.40. The molecule has 0 aliphatic rings. The van der Waals surface area contributed by atoms with Gasteiger partial charge in [0.1, 0.15) is 5.82 Å². The van der Waals surface area contributed by atoms with Crippen molar-refractivity contribution in [2.24, 2.45) is 5.92 Å². The van der Waals surface area contributed by atoms with Gasteiger partial charge in [-0.25, -0.2) is 4.39 Å². The van der Waals surface area contributed by atoms with Crippen LogP contribution in [-0.4, -0.2) is 27.2 Å². The summed E-state index contributed by atoms with van der Waals surface area (Å²) in [5.41, 5.74) is 0.667. The van der Waals surface area contributed by atoms with Gasteiger partial charge in [-0.2, -0.15) is 0 Å². The van der Waals surface area contributed by atoms with Crippen LogP contribution in [0.2, 0.25) is 0 Å². The fourth-order valence-electron chi connectivity index (χ4n) is 1.74. The molecule has 0 amide bonds. The third kappa shape index (κ3) is 3.51. The van der Waals surface area contributed by atoms with Crippen molar-refractivity contribution >= 4 is 5.69 Å². The number of nitrogens with zero attached hydrogens (tertiary/aromatic N) is 1. The maximum Gasteiger partial charge on any atom is 0.146 e. The quantitative estimate of drug-likeness (QED) is 0.800. The fourth-order valence-corrected chi connectivity index (χ4v) is 1.74. The highest BCUT2D eigenvalue weighted by atomic mass is 19.1. The van der Waals surface area contributed by atoms with Crippen LogP contribution >= 0.6 is 0 Å². The maximum atomic E-state index is 13.4. The Morgan fingerprint density at radius 2 is 2.07 bits per heavy atom. The van der Waals surface area contributed by atoms with Crippen LogP contribution in [0.25, 0.3) is 0 Å². The van der Waals surface area contributed by atoms with E-state index in [2.05, 4.69) is 12.2 Å². The first-order valence-electron chi connectivity index (χ1n) is 5.25. The Balaban J connectivity index is 2.61. The lowest BCUT2D eigenvalue weighted by atomic mass is 10.1. The molecule has 1 atom stereocenters. The first-order chi connectivity index (χ1) is 7.15. The van der Waals surface area contributed by atoms with Gasteiger partial charge in [0.15, 0.2) is 0 Å². The standard InChI is InChI=1S/C12H19FN2/c1-10(8-14-2)9-15(3)12-7-5-4-6-11(12)13/h4-7,10,14H,8-9H2,1-3H3. The monoisotopic (exact) mass is 210 g/mol. The average molecular weight is 210 g/mol. The summed E-state index contributed by atoms with van der Waals surface area (Å²) in [7, 11) is 3.85. The Labute approximate surface area is 91.1 Å². The summed E-state index contributed by atoms with van der Waals surface area (Å²) in [5, 5.41) is 3.12. The van der Waals surface area contributed by atoms with Crippen molar-refractivity contribution in [3.63, 3.8) is 0 Å². The lowest BCUT2D eigenvalue weighted by Gasteiger charge is -2.23. The van der Waals surface area contributed by atoms with Gasteiger partial charge in [0.25, 0.3) is 0 Å². The van der Waals surface area contributed by atoms with Crippen molar-refractivity contribution in [3.05, 3.63) is 30.1 Å². The topological polar surface area (TPSA) is 15.3 Å². The molecule has 0 aliphatic carbocycles. The predicted octanol–water partition coefficient (Wildman–Crippen LogP) is 2.12. The molecule has 84 valence electrons. The number of hydrogen-bond acceptors (Lipinski definition) is 2. The molecule has 0 saturated heterocycles. The SMILES string of the molecule is CNCC(C)CN(C)c1ccccc1F. The van der Waals surface area contributed by atoms with Crippen LogP contribution in [0.1, 0.15) is 6.92 Å². The Bertz CT molecular complexity index is 301. The van der Waals surface area contributed by atoms with E-state index < -0.39 is 0 Å². The summed E-state index contributed by atoms with van der Waals surface area (Å²) in [6.45, 7) is 3.94. The van der Waals surface area contributed by atoms with E-state index in [0.717, 1.165) is 13.1 Å². The van der Waals surface area contributed by atoms with Crippen molar-refractivity contribution in [2.75, 3.05) is 32.1 Å². The summed E-state index contributed by atoms with van der Waals surface area (Å²) in [5.74, 6) is 0.344. The molecule has 1 N–H and O–H groups in total. The van der Waals surface area contributed by atoms with E-state index in [4.69, 9.17) is 0 Å². The highest BCUT2D eigenvalue weighted by Crippen LogP contribution is 2.17. The first kappa shape index (κ1) is 12.0. The van der Waals surface area contributed by atoms with Gasteiger partial charge < -0.3 is 10.2 Å². The average Bonchev–Trinajstić information content (AvgIpc) is 2.18. The molecule has 0 radical (unpaired) electrons. The number of rotatable bonds is 5. The number of hydrogen-bond donors (Lipinski definition) is 1. The third-order valence-electron chi connectivity index (χ3n) is 2.40. The van der Waals surface area contributed by atoms with Crippen LogP contribution in [0.5, 0.6) is 0 Å². The molecular formula is C12H19FN2. The van der Waals surface area contributed by atoms with E-state index in [1.54, 1.807) is 12.1 Å². The molecular weight excluding hydrogens is 191 g/mol. The molecule has 0 aromatic heterocycles. The lowest BCUT2D eigenvalue weighted by molar-refractivity contribution is 0.536. The number of anilines is 1. The molecule has 1 aromatic rings. The Morgan fingerprint density at radius 1 is 1.40 bits per heavy atom. The zero-order valence-electron chi connectivity index (χ0n) is 9.63. The molecule has 1 unspecified atom stereocenters. The van der Waals surface area contributed by atoms with Gasteiger partial charge in [-0.3, -0.25) is 0 Å². The second-order valence-electron chi connectivity index (χ2n) is 3.99. The maximum absolute atomic E-state index is 13.4. The van der Waals surface area contributed by atoms with E-state index in [1.165, 1.54) is 6.07 Å². The van der Waals surface area contributed by atoms with Crippen LogP contribution in [-0.2, 0) is 0 Å². The van der Waals surface area contributed by atoms with E-state index in [9.17, 15) is 4.39 Å². The second kappa shape index (κ2) is 5.71. The largest absolute Gasteiger partial charge is 0.372 e. The van der Waals surface area contributed by atoms with Crippen molar-refractivity contribution in [1.29, 1.82) is 0 Å². The van der Waals surface area contributed by atoms with Crippen LogP contribution < -0.4 is 10.2 Å². The highest BCUT2D eigenvalue weighted by Gasteiger charge is 2.09. The fraction of sp³-hybridized carbons (Fsp3) is 0.500. The molecule has 0 spiro atoms. The zero-order chi connectivity index (χ0) is 11.3. The molecule has 0 heterocycles. The number of para-hydroxylation sites is 1. The van der Waals surface area contributed by atoms with Gasteiger partial charge in [-0.15, -0.1) is 0 Å². The normalized spacial score (nSPS) is 12.5. The van der Waals surface area contributed by atoms with Gasteiger partial charge in [0, 0.05) is 13.6 Å². The van der Waals surface area contributed by atoms with E-state index in [1.807, 2.05) is 25.1 Å². The summed E-state index contributed by atoms with van der Waals surface area (Å²) in [6, 6.07) is 6.87. The lowest BCUT2D eigenvalue weighted by Crippen LogP contribution is -2.30. The summed E-state index contributed by atoms with van der Waals surface area (Å²) >= 11 is 0. The highest BCUT2D eigenvalue weighted by molar-refractivity contribution is 5.46. The molecule has 1 rings (SSSR count). The Hall–Kier alpha value is -1.09. The van der Waals surface area contributed by atoms with Gasteiger partial charge in [-0.05, 0) is 31.6 Å². The molecule has 15 heavy (non-hydrogen) atoms. The first-order valence-corrected chi connectivity index (χ1v) is 5.25. The minimum Gasteiger partial charge on any atom is -0.372 e. The summed E-state index contributed by atoms with van der Waals surface area (Å²) in [6.07, 6.45) is 0. The number of nitrogens with one attached hydrogen (secondary N) is 1. The molecule has 0 saturated carbocycles. The Morgan fingerprint density at radius 3 is 2.67 bits per heavy atom. The molecule has 0 fully saturated rings. The van der Waals surface area contributed by atoms with Gasteiger partial charge in [-0.1, -0.05) is 19.1 Å². The van der Waals surface area contributed by atoms with Crippen LogP contribution in [0.3, 0.4) is 0 Å². The Kier molecular flexibility index (Phi) is 4.56. The minimum absolute atomic E-state index is 0.156. The summed E-state index contributed by atoms with van der Waals surface area (Å²) < 4.78 is 13.4. The van der Waals surface area contributed by atoms with Crippen molar-refractivity contribution in [2.45, 2.75) is 6.92 Å². The van der Waals surface area contributed by atoms with Crippen LogP contribution in [0, 0.1) is 11.7 Å². The van der Waals surface area contributed by atoms with Gasteiger partial charge in [0.2, 0.25) is 0 Å². The smallest absolute Gasteiger partial charge is 0.146 e. The molecule has 0 bridgehead atoms. The van der Waals surface area contributed by atoms with Crippen LogP contribution in [0.15, 0.2) is 24.3 Å². The second-order valence-corrected chi connectivity index (χ2v) is 3.99. The number of halogens is 1. The molecule has 0 aliphatic heterocycles. The van der Waals surface area contributed by atoms with Crippen molar-refractivity contribution < 1.29 is 4.39 Å². The number of benzene rings is 1. The summed E-state index contributed by atoms with van der Waals surface area (Å²) in [4.78, 5) is 1.96. The minimum atomic E-state index is -0.156. The molecule has 1 aromatic carbocycles. The van der Waals surface area contributed by atoms with E-state index >= 15 is 0 Å². The van der Waals surface area contributed by atoms with E-state index in [-0.39, 0.29) is 5.82 Å². The van der Waals surface area contributed by atoms with Crippen molar-refractivity contribution in [3.8, 4) is 0 Å². The molecule has 2 nitrogen and oxygen atoms in total. The predicted molar refractivity (Wildman–Crippen MR) is 62.8 cm³/mol. The van der Waals surface area contributed by atoms with Gasteiger partial charge in [0.05, 0.1) is 5.69 Å². The van der Waals surface area contributed by atoms with Crippen LogP contribution in [0.4, 0.5) is 10.1 Å². The van der Waals surface area contributed by atoms with E-state index in [0.29, 0.717) is 11.6 Å². The van der Waals surface area contributed by atoms with Gasteiger partial charge >= 0.3 is 0 Å². The van der Waals surface area contributed by atoms with Crippen molar-refractivity contribution in [1.82, 2.24) is 5.32 Å².